The van der Waals surface area contributed by atoms with Crippen molar-refractivity contribution >= 4 is 17.7 Å². The molecule has 0 radical (unpaired) electrons. The summed E-state index contributed by atoms with van der Waals surface area (Å²) < 4.78 is 5.36. The fourth-order valence-electron chi connectivity index (χ4n) is 2.83. The Balaban J connectivity index is 2.12. The van der Waals surface area contributed by atoms with Gasteiger partial charge in [-0.1, -0.05) is 32.9 Å². The highest BCUT2D eigenvalue weighted by Gasteiger charge is 2.31. The smallest absolute Gasteiger partial charge is 0.409 e. The minimum absolute atomic E-state index is 0.109. The molecule has 0 aromatic heterocycles. The molecule has 1 fully saturated rings. The van der Waals surface area contributed by atoms with Gasteiger partial charge in [-0.05, 0) is 17.0 Å². The highest BCUT2D eigenvalue weighted by molar-refractivity contribution is 6.00. The maximum atomic E-state index is 12.8. The van der Waals surface area contributed by atoms with Crippen molar-refractivity contribution in [3.8, 4) is 0 Å². The predicted molar refractivity (Wildman–Crippen MR) is 94.0 cm³/mol. The average molecular weight is 333 g/mol. The van der Waals surface area contributed by atoms with E-state index in [0.717, 1.165) is 5.56 Å². The molecule has 1 aliphatic rings. The van der Waals surface area contributed by atoms with Crippen molar-refractivity contribution in [3.63, 3.8) is 0 Å². The van der Waals surface area contributed by atoms with E-state index in [-0.39, 0.29) is 23.5 Å². The lowest BCUT2D eigenvalue weighted by molar-refractivity contribution is 0.0666. The highest BCUT2D eigenvalue weighted by atomic mass is 16.6. The summed E-state index contributed by atoms with van der Waals surface area (Å²) in [5.74, 6) is -0.109. The number of carbonyl (C=O) groups excluding carboxylic acids is 2. The number of carbonyl (C=O) groups is 2. The van der Waals surface area contributed by atoms with Crippen LogP contribution in [0.5, 0.6) is 0 Å². The summed E-state index contributed by atoms with van der Waals surface area (Å²) in [7, 11) is 3.28. The van der Waals surface area contributed by atoms with E-state index < -0.39 is 0 Å². The van der Waals surface area contributed by atoms with E-state index in [0.29, 0.717) is 30.8 Å². The van der Waals surface area contributed by atoms with Crippen molar-refractivity contribution < 1.29 is 14.3 Å². The molecule has 24 heavy (non-hydrogen) atoms. The molecule has 1 unspecified atom stereocenters. The molecular formula is C18H27N3O3. The molecule has 0 saturated carbocycles. The number of benzene rings is 1. The Kier molecular flexibility index (Phi) is 5.06. The second-order valence-corrected chi connectivity index (χ2v) is 7.46. The second kappa shape index (κ2) is 6.71. The van der Waals surface area contributed by atoms with Gasteiger partial charge in [0.15, 0.2) is 0 Å². The topological polar surface area (TPSA) is 75.9 Å². The van der Waals surface area contributed by atoms with Crippen LogP contribution in [-0.2, 0) is 10.2 Å². The van der Waals surface area contributed by atoms with Crippen molar-refractivity contribution in [2.24, 2.45) is 0 Å². The van der Waals surface area contributed by atoms with E-state index in [1.165, 1.54) is 4.90 Å². The first-order chi connectivity index (χ1) is 11.1. The van der Waals surface area contributed by atoms with E-state index in [1.807, 2.05) is 12.1 Å². The summed E-state index contributed by atoms with van der Waals surface area (Å²) >= 11 is 0. The minimum atomic E-state index is -0.386. The standard InChI is InChI=1S/C18H27N3O3/c1-18(2,3)14-8-6-7-13(15(14)19)16(22)21-10-9-12(11-21)24-17(23)20(4)5/h6-8,12H,9-11,19H2,1-5H3. The number of rotatable bonds is 2. The molecule has 1 heterocycles. The third-order valence-corrected chi connectivity index (χ3v) is 4.21. The van der Waals surface area contributed by atoms with E-state index in [1.54, 1.807) is 25.1 Å². The van der Waals surface area contributed by atoms with E-state index >= 15 is 0 Å². The van der Waals surface area contributed by atoms with Crippen molar-refractivity contribution in [1.82, 2.24) is 9.80 Å². The Morgan fingerprint density at radius 3 is 2.54 bits per heavy atom. The molecule has 132 valence electrons. The molecule has 2 amide bonds. The zero-order chi connectivity index (χ0) is 18.1. The first-order valence-corrected chi connectivity index (χ1v) is 8.17. The van der Waals surface area contributed by atoms with Gasteiger partial charge in [-0.3, -0.25) is 4.79 Å². The van der Waals surface area contributed by atoms with Crippen LogP contribution < -0.4 is 5.73 Å². The molecule has 1 aliphatic heterocycles. The van der Waals surface area contributed by atoms with E-state index in [4.69, 9.17) is 10.5 Å². The SMILES string of the molecule is CN(C)C(=O)OC1CCN(C(=O)c2cccc(C(C)(C)C)c2N)C1. The third-order valence-electron chi connectivity index (χ3n) is 4.21. The summed E-state index contributed by atoms with van der Waals surface area (Å²) in [6.07, 6.45) is -0.0103. The Morgan fingerprint density at radius 1 is 1.29 bits per heavy atom. The molecule has 1 atom stereocenters. The van der Waals surface area contributed by atoms with Gasteiger partial charge in [0, 0.05) is 32.7 Å². The van der Waals surface area contributed by atoms with Gasteiger partial charge >= 0.3 is 6.09 Å². The molecule has 1 saturated heterocycles. The zero-order valence-electron chi connectivity index (χ0n) is 15.1. The maximum Gasteiger partial charge on any atom is 0.409 e. The first-order valence-electron chi connectivity index (χ1n) is 8.17. The number of hydrogen-bond donors (Lipinski definition) is 1. The number of nitrogens with zero attached hydrogens (tertiary/aromatic N) is 2. The average Bonchev–Trinajstić information content (AvgIpc) is 2.94. The summed E-state index contributed by atoms with van der Waals surface area (Å²) in [4.78, 5) is 27.5. The van der Waals surface area contributed by atoms with Crippen LogP contribution in [0, 0.1) is 0 Å². The van der Waals surface area contributed by atoms with E-state index in [9.17, 15) is 9.59 Å². The molecule has 0 aliphatic carbocycles. The molecule has 6 heteroatoms. The Bertz CT molecular complexity index is 635. The second-order valence-electron chi connectivity index (χ2n) is 7.46. The van der Waals surface area contributed by atoms with Crippen molar-refractivity contribution in [2.45, 2.75) is 38.7 Å². The van der Waals surface area contributed by atoms with Gasteiger partial charge in [0.2, 0.25) is 0 Å². The van der Waals surface area contributed by atoms with Gasteiger partial charge in [-0.25, -0.2) is 4.79 Å². The summed E-state index contributed by atoms with van der Waals surface area (Å²) in [6, 6.07) is 5.58. The molecule has 1 aromatic carbocycles. The van der Waals surface area contributed by atoms with Gasteiger partial charge in [0.25, 0.3) is 5.91 Å². The Morgan fingerprint density at radius 2 is 1.96 bits per heavy atom. The summed E-state index contributed by atoms with van der Waals surface area (Å²) in [5.41, 5.74) is 8.13. The van der Waals surface area contributed by atoms with Crippen LogP contribution in [0.25, 0.3) is 0 Å². The van der Waals surface area contributed by atoms with Crippen LogP contribution in [0.4, 0.5) is 10.5 Å². The molecule has 2 N–H and O–H groups in total. The monoisotopic (exact) mass is 333 g/mol. The number of amides is 2. The lowest BCUT2D eigenvalue weighted by Crippen LogP contribution is -2.33. The highest BCUT2D eigenvalue weighted by Crippen LogP contribution is 2.31. The Hall–Kier alpha value is -2.24. The minimum Gasteiger partial charge on any atom is -0.444 e. The molecular weight excluding hydrogens is 306 g/mol. The number of nitrogen functional groups attached to an aromatic ring is 1. The van der Waals surface area contributed by atoms with Crippen LogP contribution >= 0.6 is 0 Å². The third kappa shape index (κ3) is 3.80. The van der Waals surface area contributed by atoms with Crippen LogP contribution in [0.1, 0.15) is 43.1 Å². The number of likely N-dealkylation sites (tertiary alicyclic amines) is 1. The molecule has 1 aromatic rings. The van der Waals surface area contributed by atoms with Crippen molar-refractivity contribution in [1.29, 1.82) is 0 Å². The summed E-state index contributed by atoms with van der Waals surface area (Å²) in [5, 5.41) is 0. The van der Waals surface area contributed by atoms with Gasteiger partial charge in [-0.2, -0.15) is 0 Å². The van der Waals surface area contributed by atoms with Gasteiger partial charge in [-0.15, -0.1) is 0 Å². The van der Waals surface area contributed by atoms with Gasteiger partial charge in [0.05, 0.1) is 12.1 Å². The number of nitrogens with two attached hydrogens (primary N) is 1. The van der Waals surface area contributed by atoms with Crippen LogP contribution in [0.15, 0.2) is 18.2 Å². The lowest BCUT2D eigenvalue weighted by Gasteiger charge is -2.24. The van der Waals surface area contributed by atoms with Gasteiger partial charge in [0.1, 0.15) is 6.10 Å². The number of para-hydroxylation sites is 1. The predicted octanol–water partition coefficient (Wildman–Crippen LogP) is 2.48. The number of hydrogen-bond acceptors (Lipinski definition) is 4. The maximum absolute atomic E-state index is 12.8. The van der Waals surface area contributed by atoms with Crippen LogP contribution in [0.2, 0.25) is 0 Å². The summed E-state index contributed by atoms with van der Waals surface area (Å²) in [6.45, 7) is 7.17. The van der Waals surface area contributed by atoms with Crippen LogP contribution in [0.3, 0.4) is 0 Å². The molecule has 6 nitrogen and oxygen atoms in total. The Labute approximate surface area is 143 Å². The first kappa shape index (κ1) is 18.1. The molecule has 0 spiro atoms. The number of anilines is 1. The largest absolute Gasteiger partial charge is 0.444 e. The molecule has 2 rings (SSSR count). The molecule has 0 bridgehead atoms. The number of ether oxygens (including phenoxy) is 1. The van der Waals surface area contributed by atoms with Crippen molar-refractivity contribution in [2.75, 3.05) is 32.9 Å². The fourth-order valence-corrected chi connectivity index (χ4v) is 2.83. The lowest BCUT2D eigenvalue weighted by atomic mass is 9.84. The fraction of sp³-hybridized carbons (Fsp3) is 0.556. The van der Waals surface area contributed by atoms with E-state index in [2.05, 4.69) is 20.8 Å². The quantitative estimate of drug-likeness (QED) is 0.844. The van der Waals surface area contributed by atoms with Crippen LogP contribution in [-0.4, -0.2) is 55.1 Å². The zero-order valence-corrected chi connectivity index (χ0v) is 15.1. The normalized spacial score (nSPS) is 17.7. The van der Waals surface area contributed by atoms with Gasteiger partial charge < -0.3 is 20.3 Å². The van der Waals surface area contributed by atoms with Crippen molar-refractivity contribution in [3.05, 3.63) is 29.3 Å².